The minimum absolute atomic E-state index is 0. The van der Waals surface area contributed by atoms with E-state index in [1.54, 1.807) is 6.20 Å². The van der Waals surface area contributed by atoms with Crippen LogP contribution < -0.4 is 10.6 Å². The van der Waals surface area contributed by atoms with E-state index in [0.717, 1.165) is 17.0 Å². The fourth-order valence-corrected chi connectivity index (χ4v) is 2.53. The minimum atomic E-state index is 0. The van der Waals surface area contributed by atoms with Gasteiger partial charge in [0.15, 0.2) is 0 Å². The summed E-state index contributed by atoms with van der Waals surface area (Å²) in [6.45, 7) is 6.98. The summed E-state index contributed by atoms with van der Waals surface area (Å²) in [4.78, 5) is 10.8. The largest absolute Gasteiger partial charge is 0.370 e. The first-order valence-corrected chi connectivity index (χ1v) is 7.98. The first-order chi connectivity index (χ1) is 10.7. The van der Waals surface area contributed by atoms with Gasteiger partial charge in [-0.15, -0.1) is 0 Å². The molecule has 1 aliphatic heterocycles. The van der Waals surface area contributed by atoms with Crippen LogP contribution in [0.4, 0.5) is 5.69 Å². The van der Waals surface area contributed by atoms with Crippen molar-refractivity contribution in [3.8, 4) is 0 Å². The Morgan fingerprint density at radius 3 is 2.36 bits per heavy atom. The molecule has 0 spiro atoms. The highest BCUT2D eigenvalue weighted by molar-refractivity contribution is 5.44. The van der Waals surface area contributed by atoms with Crippen molar-refractivity contribution in [2.75, 3.05) is 18.0 Å². The van der Waals surface area contributed by atoms with Crippen molar-refractivity contribution in [3.63, 3.8) is 0 Å². The van der Waals surface area contributed by atoms with Crippen LogP contribution in [0.5, 0.6) is 0 Å². The van der Waals surface area contributed by atoms with Gasteiger partial charge in [-0.1, -0.05) is 0 Å². The quantitative estimate of drug-likeness (QED) is 0.922. The maximum atomic E-state index is 5.39. The van der Waals surface area contributed by atoms with Gasteiger partial charge in [-0.3, -0.25) is 9.97 Å². The summed E-state index contributed by atoms with van der Waals surface area (Å²) in [5, 5.41) is 0. The number of aromatic nitrogens is 2. The lowest BCUT2D eigenvalue weighted by Gasteiger charge is -2.28. The van der Waals surface area contributed by atoms with E-state index < -0.39 is 0 Å². The van der Waals surface area contributed by atoms with Gasteiger partial charge in [0.2, 0.25) is 0 Å². The normalized spacial score (nSPS) is 14.2. The summed E-state index contributed by atoms with van der Waals surface area (Å²) in [6, 6.07) is 8.17. The second kappa shape index (κ2) is 8.49. The molecule has 2 aromatic rings. The Morgan fingerprint density at radius 1 is 1.05 bits per heavy atom. The number of rotatable bonds is 2. The van der Waals surface area contributed by atoms with Crippen molar-refractivity contribution in [2.24, 2.45) is 5.73 Å². The molecule has 4 heteroatoms. The SMILES string of the molecule is Cc1cc(CN)ccn1.Cc1ccc(N2CCCCC2)cn1.[HH]. The summed E-state index contributed by atoms with van der Waals surface area (Å²) in [5.41, 5.74) is 9.94. The van der Waals surface area contributed by atoms with Gasteiger partial charge in [-0.05, 0) is 62.9 Å². The molecule has 1 saturated heterocycles. The highest BCUT2D eigenvalue weighted by Crippen LogP contribution is 2.18. The van der Waals surface area contributed by atoms with E-state index in [1.165, 1.54) is 38.0 Å². The van der Waals surface area contributed by atoms with Crippen LogP contribution in [0.15, 0.2) is 36.7 Å². The number of piperidine rings is 1. The van der Waals surface area contributed by atoms with E-state index in [2.05, 4.69) is 27.0 Å². The number of pyridine rings is 2. The number of hydrogen-bond donors (Lipinski definition) is 1. The van der Waals surface area contributed by atoms with Gasteiger partial charge >= 0.3 is 0 Å². The summed E-state index contributed by atoms with van der Waals surface area (Å²) in [5.74, 6) is 0. The highest BCUT2D eigenvalue weighted by atomic mass is 15.1. The minimum Gasteiger partial charge on any atom is -0.370 e. The first-order valence-electron chi connectivity index (χ1n) is 7.98. The van der Waals surface area contributed by atoms with Crippen LogP contribution in [0.2, 0.25) is 0 Å². The Bertz CT molecular complexity index is 565. The van der Waals surface area contributed by atoms with E-state index >= 15 is 0 Å². The van der Waals surface area contributed by atoms with Crippen LogP contribution in [0.1, 0.15) is 37.6 Å². The van der Waals surface area contributed by atoms with Crippen LogP contribution in [-0.4, -0.2) is 23.1 Å². The standard InChI is InChI=1S/C11H16N2.C7H10N2.H2/c1-10-5-6-11(9-12-10)13-7-3-2-4-8-13;1-6-4-7(5-8)2-3-9-6;/h5-6,9H,2-4,7-8H2,1H3;2-4H,5,8H2,1H3;1H. The molecule has 0 radical (unpaired) electrons. The lowest BCUT2D eigenvalue weighted by molar-refractivity contribution is 0.577. The average Bonchev–Trinajstić information content (AvgIpc) is 2.57. The summed E-state index contributed by atoms with van der Waals surface area (Å²) >= 11 is 0. The van der Waals surface area contributed by atoms with Crippen LogP contribution >= 0.6 is 0 Å². The molecule has 0 atom stereocenters. The molecular weight excluding hydrogens is 272 g/mol. The third kappa shape index (κ3) is 5.11. The molecule has 3 heterocycles. The molecular formula is C18H28N4. The van der Waals surface area contributed by atoms with Crippen molar-refractivity contribution >= 4 is 5.69 Å². The third-order valence-corrected chi connectivity index (χ3v) is 3.81. The van der Waals surface area contributed by atoms with Crippen molar-refractivity contribution < 1.29 is 1.43 Å². The van der Waals surface area contributed by atoms with Crippen LogP contribution in [0.25, 0.3) is 0 Å². The second-order valence-electron chi connectivity index (χ2n) is 5.72. The third-order valence-electron chi connectivity index (χ3n) is 3.81. The van der Waals surface area contributed by atoms with Crippen molar-refractivity contribution in [3.05, 3.63) is 53.6 Å². The fourth-order valence-electron chi connectivity index (χ4n) is 2.53. The molecule has 4 nitrogen and oxygen atoms in total. The number of anilines is 1. The molecule has 0 aromatic carbocycles. The molecule has 1 fully saturated rings. The lowest BCUT2D eigenvalue weighted by Crippen LogP contribution is -2.29. The zero-order chi connectivity index (χ0) is 15.8. The Kier molecular flexibility index (Phi) is 6.34. The Morgan fingerprint density at radius 2 is 1.82 bits per heavy atom. The number of aryl methyl sites for hydroxylation is 2. The first kappa shape index (κ1) is 16.4. The van der Waals surface area contributed by atoms with E-state index in [1.807, 2.05) is 32.2 Å². The predicted octanol–water partition coefficient (Wildman–Crippen LogP) is 3.48. The van der Waals surface area contributed by atoms with E-state index in [9.17, 15) is 0 Å². The maximum absolute atomic E-state index is 5.39. The molecule has 0 saturated carbocycles. The van der Waals surface area contributed by atoms with Gasteiger partial charge in [0.05, 0.1) is 11.9 Å². The van der Waals surface area contributed by atoms with Gasteiger partial charge in [-0.25, -0.2) is 0 Å². The van der Waals surface area contributed by atoms with Crippen LogP contribution in [0.3, 0.4) is 0 Å². The van der Waals surface area contributed by atoms with E-state index in [4.69, 9.17) is 5.73 Å². The predicted molar refractivity (Wildman–Crippen MR) is 94.0 cm³/mol. The molecule has 3 rings (SSSR count). The molecule has 1 aliphatic rings. The molecule has 2 aromatic heterocycles. The molecule has 2 N–H and O–H groups in total. The Labute approximate surface area is 134 Å². The van der Waals surface area contributed by atoms with Crippen molar-refractivity contribution in [1.82, 2.24) is 9.97 Å². The van der Waals surface area contributed by atoms with Gasteiger partial charge < -0.3 is 10.6 Å². The van der Waals surface area contributed by atoms with Crippen molar-refractivity contribution in [2.45, 2.75) is 39.7 Å². The van der Waals surface area contributed by atoms with Crippen LogP contribution in [-0.2, 0) is 6.54 Å². The van der Waals surface area contributed by atoms with Crippen LogP contribution in [0, 0.1) is 13.8 Å². The van der Waals surface area contributed by atoms with E-state index in [0.29, 0.717) is 6.54 Å². The smallest absolute Gasteiger partial charge is 0.0552 e. The Balaban J connectivity index is 0.000000235. The topological polar surface area (TPSA) is 55.0 Å². The maximum Gasteiger partial charge on any atom is 0.0552 e. The number of nitrogens with zero attached hydrogens (tertiary/aromatic N) is 3. The summed E-state index contributed by atoms with van der Waals surface area (Å²) in [7, 11) is 0. The van der Waals surface area contributed by atoms with Gasteiger partial charge in [0, 0.05) is 38.6 Å². The number of hydrogen-bond acceptors (Lipinski definition) is 4. The van der Waals surface area contributed by atoms with Gasteiger partial charge in [0.1, 0.15) is 0 Å². The molecule has 120 valence electrons. The van der Waals surface area contributed by atoms with E-state index in [-0.39, 0.29) is 1.43 Å². The summed E-state index contributed by atoms with van der Waals surface area (Å²) < 4.78 is 0. The van der Waals surface area contributed by atoms with Gasteiger partial charge in [-0.2, -0.15) is 0 Å². The van der Waals surface area contributed by atoms with Gasteiger partial charge in [0.25, 0.3) is 0 Å². The molecule has 22 heavy (non-hydrogen) atoms. The summed E-state index contributed by atoms with van der Waals surface area (Å²) in [6.07, 6.45) is 7.80. The Hall–Kier alpha value is -1.94. The lowest BCUT2D eigenvalue weighted by atomic mass is 10.1. The number of nitrogens with two attached hydrogens (primary N) is 1. The second-order valence-corrected chi connectivity index (χ2v) is 5.72. The molecule has 0 aliphatic carbocycles. The molecule has 0 amide bonds. The highest BCUT2D eigenvalue weighted by Gasteiger charge is 2.10. The monoisotopic (exact) mass is 300 g/mol. The van der Waals surface area contributed by atoms with Crippen molar-refractivity contribution in [1.29, 1.82) is 0 Å². The zero-order valence-corrected chi connectivity index (χ0v) is 13.6. The molecule has 0 bridgehead atoms. The average molecular weight is 300 g/mol. The zero-order valence-electron chi connectivity index (χ0n) is 13.6. The fraction of sp³-hybridized carbons (Fsp3) is 0.444. The molecule has 0 unspecified atom stereocenters.